The van der Waals surface area contributed by atoms with Gasteiger partial charge in [-0.05, 0) is 24.0 Å². The van der Waals surface area contributed by atoms with E-state index < -0.39 is 25.0 Å². The molecule has 0 bridgehead atoms. The van der Waals surface area contributed by atoms with Crippen molar-refractivity contribution in [2.45, 2.75) is 38.7 Å². The first-order chi connectivity index (χ1) is 11.4. The third-order valence-electron chi connectivity index (χ3n) is 3.42. The Balaban J connectivity index is 1.84. The maximum atomic E-state index is 13.7. The van der Waals surface area contributed by atoms with Gasteiger partial charge in [-0.25, -0.2) is 4.39 Å². The van der Waals surface area contributed by atoms with Gasteiger partial charge >= 0.3 is 13.5 Å². The molecule has 0 unspecified atom stereocenters. The molecule has 1 saturated heterocycles. The van der Waals surface area contributed by atoms with Crippen LogP contribution in [0.25, 0.3) is 0 Å². The summed E-state index contributed by atoms with van der Waals surface area (Å²) in [5, 5.41) is 0. The zero-order chi connectivity index (χ0) is 17.6. The smallest absolute Gasteiger partial charge is 0.404 e. The maximum absolute atomic E-state index is 13.7. The average Bonchev–Trinajstić information content (AvgIpc) is 2.53. The fraction of sp³-hybridized carbons (Fsp3) is 0.600. The van der Waals surface area contributed by atoms with Crippen molar-refractivity contribution in [3.05, 3.63) is 24.0 Å². The van der Waals surface area contributed by atoms with Gasteiger partial charge in [0, 0.05) is 6.61 Å². The highest BCUT2D eigenvalue weighted by molar-refractivity contribution is 6.61. The summed E-state index contributed by atoms with van der Waals surface area (Å²) >= 11 is 0. The van der Waals surface area contributed by atoms with Crippen LogP contribution in [-0.4, -0.2) is 39.4 Å². The summed E-state index contributed by atoms with van der Waals surface area (Å²) in [6.45, 7) is 3.27. The van der Waals surface area contributed by atoms with Crippen LogP contribution in [-0.2, 0) is 14.0 Å². The van der Waals surface area contributed by atoms with Crippen LogP contribution in [0.2, 0.25) is 0 Å². The van der Waals surface area contributed by atoms with E-state index in [9.17, 15) is 17.6 Å². The molecule has 0 aromatic heterocycles. The Kier molecular flexibility index (Phi) is 6.88. The summed E-state index contributed by atoms with van der Waals surface area (Å²) in [5.41, 5.74) is 0.284. The minimum Gasteiger partial charge on any atom is -0.404 e. The van der Waals surface area contributed by atoms with Crippen molar-refractivity contribution in [1.82, 2.24) is 0 Å². The van der Waals surface area contributed by atoms with Crippen LogP contribution in [0.3, 0.4) is 0 Å². The van der Waals surface area contributed by atoms with Gasteiger partial charge in [0.15, 0.2) is 11.6 Å². The number of halogens is 4. The first kappa shape index (κ1) is 19.0. The lowest BCUT2D eigenvalue weighted by atomic mass is 9.78. The van der Waals surface area contributed by atoms with Crippen molar-refractivity contribution >= 4 is 12.6 Å². The number of rotatable bonds is 7. The van der Waals surface area contributed by atoms with Crippen LogP contribution in [0.4, 0.5) is 17.6 Å². The van der Waals surface area contributed by atoms with E-state index in [-0.39, 0.29) is 24.8 Å². The number of hydrogen-bond acceptors (Lipinski definition) is 4. The summed E-state index contributed by atoms with van der Waals surface area (Å²) < 4.78 is 70.1. The molecule has 1 aromatic rings. The molecule has 0 N–H and O–H groups in total. The molecule has 0 aliphatic carbocycles. The van der Waals surface area contributed by atoms with Crippen LogP contribution in [0.1, 0.15) is 26.2 Å². The van der Waals surface area contributed by atoms with Crippen LogP contribution in [0.15, 0.2) is 18.2 Å². The minimum absolute atomic E-state index is 0.198. The van der Waals surface area contributed by atoms with Crippen LogP contribution in [0.5, 0.6) is 5.75 Å². The first-order valence-electron chi connectivity index (χ1n) is 7.79. The van der Waals surface area contributed by atoms with Gasteiger partial charge in [0.2, 0.25) is 0 Å². The van der Waals surface area contributed by atoms with Crippen molar-refractivity contribution < 1.29 is 36.3 Å². The fourth-order valence-electron chi connectivity index (χ4n) is 2.25. The molecule has 0 atom stereocenters. The normalized spacial score (nSPS) is 16.5. The predicted octanol–water partition coefficient (Wildman–Crippen LogP) is 3.04. The quantitative estimate of drug-likeness (QED) is 0.430. The fourth-order valence-corrected chi connectivity index (χ4v) is 2.25. The number of benzene rings is 1. The molecule has 2 rings (SSSR count). The Morgan fingerprint density at radius 1 is 1.21 bits per heavy atom. The Bertz CT molecular complexity index is 519. The third-order valence-corrected chi connectivity index (χ3v) is 3.42. The molecule has 0 amide bonds. The number of alkyl halides is 3. The average molecular weight is 350 g/mol. The van der Waals surface area contributed by atoms with Gasteiger partial charge in [-0.15, -0.1) is 13.2 Å². The Labute approximate surface area is 138 Å². The van der Waals surface area contributed by atoms with E-state index >= 15 is 0 Å². The van der Waals surface area contributed by atoms with Crippen LogP contribution >= 0.6 is 0 Å². The molecule has 4 nitrogen and oxygen atoms in total. The van der Waals surface area contributed by atoms with Crippen molar-refractivity contribution in [3.8, 4) is 5.75 Å². The summed E-state index contributed by atoms with van der Waals surface area (Å²) in [6.07, 6.45) is -1.99. The van der Waals surface area contributed by atoms with E-state index in [1.807, 2.05) is 0 Å². The van der Waals surface area contributed by atoms with Crippen molar-refractivity contribution in [3.63, 3.8) is 0 Å². The second-order valence-electron chi connectivity index (χ2n) is 5.44. The van der Waals surface area contributed by atoms with E-state index in [0.717, 1.165) is 31.4 Å². The zero-order valence-corrected chi connectivity index (χ0v) is 13.3. The Hall–Kier alpha value is -1.32. The van der Waals surface area contributed by atoms with Gasteiger partial charge in [0.25, 0.3) is 0 Å². The number of unbranched alkanes of at least 4 members (excludes halogenated alkanes) is 2. The monoisotopic (exact) mass is 350 g/mol. The summed E-state index contributed by atoms with van der Waals surface area (Å²) in [5.74, 6) is -2.02. The second-order valence-corrected chi connectivity index (χ2v) is 5.44. The van der Waals surface area contributed by atoms with Crippen LogP contribution in [0, 0.1) is 5.82 Å². The molecular formula is C15H19BF4O4. The SMILES string of the molecule is CCCCCOC1COB(c2ccc(OC(F)(F)F)c(F)c2)OC1. The van der Waals surface area contributed by atoms with E-state index in [1.54, 1.807) is 0 Å². The van der Waals surface area contributed by atoms with Gasteiger partial charge in [-0.2, -0.15) is 0 Å². The van der Waals surface area contributed by atoms with Gasteiger partial charge in [-0.1, -0.05) is 25.8 Å². The molecule has 0 spiro atoms. The molecule has 0 radical (unpaired) electrons. The molecule has 1 aromatic carbocycles. The van der Waals surface area contributed by atoms with Gasteiger partial charge in [0.1, 0.15) is 6.10 Å². The second kappa shape index (κ2) is 8.69. The summed E-state index contributed by atoms with van der Waals surface area (Å²) in [6, 6.07) is 3.09. The maximum Gasteiger partial charge on any atom is 0.573 e. The highest BCUT2D eigenvalue weighted by Gasteiger charge is 2.34. The standard InChI is InChI=1S/C15H19BF4O4/c1-2-3-4-7-21-12-9-22-16(23-10-12)11-5-6-14(13(17)8-11)24-15(18,19)20/h5-6,8,12H,2-4,7,9-10H2,1H3. The first-order valence-corrected chi connectivity index (χ1v) is 7.79. The van der Waals surface area contributed by atoms with E-state index in [0.29, 0.717) is 6.61 Å². The van der Waals surface area contributed by atoms with Crippen molar-refractivity contribution in [2.75, 3.05) is 19.8 Å². The van der Waals surface area contributed by atoms with Gasteiger partial charge in [-0.3, -0.25) is 0 Å². The Morgan fingerprint density at radius 2 is 1.92 bits per heavy atom. The van der Waals surface area contributed by atoms with E-state index in [1.165, 1.54) is 6.07 Å². The molecule has 134 valence electrons. The predicted molar refractivity (Wildman–Crippen MR) is 79.6 cm³/mol. The zero-order valence-electron chi connectivity index (χ0n) is 13.3. The number of hydrogen-bond donors (Lipinski definition) is 0. The molecular weight excluding hydrogens is 331 g/mol. The molecule has 1 fully saturated rings. The summed E-state index contributed by atoms with van der Waals surface area (Å²) in [4.78, 5) is 0. The highest BCUT2D eigenvalue weighted by atomic mass is 19.4. The minimum atomic E-state index is -4.94. The van der Waals surface area contributed by atoms with Gasteiger partial charge in [0.05, 0.1) is 13.2 Å². The Morgan fingerprint density at radius 3 is 2.50 bits per heavy atom. The lowest BCUT2D eigenvalue weighted by molar-refractivity contribution is -0.275. The van der Waals surface area contributed by atoms with E-state index in [2.05, 4.69) is 11.7 Å². The molecule has 1 heterocycles. The molecule has 24 heavy (non-hydrogen) atoms. The lowest BCUT2D eigenvalue weighted by Crippen LogP contribution is -2.47. The largest absolute Gasteiger partial charge is 0.573 e. The van der Waals surface area contributed by atoms with Crippen LogP contribution < -0.4 is 10.2 Å². The molecule has 1 aliphatic heterocycles. The molecule has 0 saturated carbocycles. The van der Waals surface area contributed by atoms with Gasteiger partial charge < -0.3 is 18.8 Å². The topological polar surface area (TPSA) is 36.9 Å². The highest BCUT2D eigenvalue weighted by Crippen LogP contribution is 2.24. The van der Waals surface area contributed by atoms with E-state index in [4.69, 9.17) is 14.0 Å². The molecule has 9 heteroatoms. The third kappa shape index (κ3) is 5.96. The lowest BCUT2D eigenvalue weighted by Gasteiger charge is -2.27. The van der Waals surface area contributed by atoms with Crippen molar-refractivity contribution in [2.24, 2.45) is 0 Å². The number of ether oxygens (including phenoxy) is 2. The van der Waals surface area contributed by atoms with Crippen molar-refractivity contribution in [1.29, 1.82) is 0 Å². The summed E-state index contributed by atoms with van der Waals surface area (Å²) in [7, 11) is -0.838. The molecule has 1 aliphatic rings.